The molecule has 0 aliphatic heterocycles. The number of hydrogen-bond donors (Lipinski definition) is 1. The number of aromatic nitrogens is 2. The molecule has 3 aromatic rings. The van der Waals surface area contributed by atoms with Gasteiger partial charge in [-0.1, -0.05) is 26.0 Å². The van der Waals surface area contributed by atoms with Gasteiger partial charge in [-0.3, -0.25) is 14.0 Å². The number of anilines is 1. The van der Waals surface area contributed by atoms with Gasteiger partial charge in [0.2, 0.25) is 5.91 Å². The minimum absolute atomic E-state index is 0.00277. The van der Waals surface area contributed by atoms with Crippen LogP contribution in [0.2, 0.25) is 0 Å². The van der Waals surface area contributed by atoms with Gasteiger partial charge in [-0.15, -0.1) is 0 Å². The highest BCUT2D eigenvalue weighted by Crippen LogP contribution is 2.20. The molecule has 1 amide bonds. The van der Waals surface area contributed by atoms with Crippen LogP contribution in [0, 0.1) is 12.8 Å². The standard InChI is InChI=1S/C22H25N3O3/c1-4-16(5-2)22(27)24-17-7-6-8-19(11-17)28-14-18-12-21(26)25-13-15(3)9-10-20(25)23-18/h6-13,16H,4-5,14H2,1-3H3,(H,24,27). The summed E-state index contributed by atoms with van der Waals surface area (Å²) in [5.41, 5.74) is 2.69. The number of hydrogen-bond acceptors (Lipinski definition) is 4. The molecule has 0 saturated heterocycles. The second-order valence-electron chi connectivity index (χ2n) is 6.84. The highest BCUT2D eigenvalue weighted by Gasteiger charge is 2.14. The Kier molecular flexibility index (Phi) is 6.09. The van der Waals surface area contributed by atoms with Crippen molar-refractivity contribution in [3.63, 3.8) is 0 Å². The molecule has 0 radical (unpaired) electrons. The molecule has 3 rings (SSSR count). The number of carbonyl (C=O) groups excluding carboxylic acids is 1. The van der Waals surface area contributed by atoms with Gasteiger partial charge in [0.15, 0.2) is 0 Å². The molecule has 1 N–H and O–H groups in total. The number of nitrogens with one attached hydrogen (secondary N) is 1. The van der Waals surface area contributed by atoms with Crippen molar-refractivity contribution >= 4 is 17.2 Å². The Labute approximate surface area is 164 Å². The summed E-state index contributed by atoms with van der Waals surface area (Å²) in [5.74, 6) is 0.623. The van der Waals surface area contributed by atoms with Gasteiger partial charge < -0.3 is 10.1 Å². The third-order valence-electron chi connectivity index (χ3n) is 4.71. The molecular formula is C22H25N3O3. The first-order valence-corrected chi connectivity index (χ1v) is 9.52. The van der Waals surface area contributed by atoms with E-state index < -0.39 is 0 Å². The molecule has 0 aliphatic rings. The van der Waals surface area contributed by atoms with Gasteiger partial charge in [-0.25, -0.2) is 4.98 Å². The van der Waals surface area contributed by atoms with Crippen LogP contribution >= 0.6 is 0 Å². The molecule has 6 nitrogen and oxygen atoms in total. The molecule has 0 atom stereocenters. The van der Waals surface area contributed by atoms with Crippen molar-refractivity contribution in [1.29, 1.82) is 0 Å². The van der Waals surface area contributed by atoms with Crippen molar-refractivity contribution in [2.45, 2.75) is 40.2 Å². The fourth-order valence-electron chi connectivity index (χ4n) is 3.06. The molecule has 2 aromatic heterocycles. The second kappa shape index (κ2) is 8.69. The van der Waals surface area contributed by atoms with Gasteiger partial charge in [-0.05, 0) is 43.5 Å². The van der Waals surface area contributed by atoms with Crippen LogP contribution in [0.1, 0.15) is 37.9 Å². The van der Waals surface area contributed by atoms with Crippen molar-refractivity contribution in [3.05, 3.63) is 70.3 Å². The first-order valence-electron chi connectivity index (χ1n) is 9.52. The lowest BCUT2D eigenvalue weighted by atomic mass is 10.0. The van der Waals surface area contributed by atoms with E-state index in [2.05, 4.69) is 10.3 Å². The largest absolute Gasteiger partial charge is 0.487 e. The van der Waals surface area contributed by atoms with E-state index in [-0.39, 0.29) is 24.0 Å². The van der Waals surface area contributed by atoms with Crippen LogP contribution in [-0.2, 0) is 11.4 Å². The molecule has 6 heteroatoms. The van der Waals surface area contributed by atoms with Crippen molar-refractivity contribution in [2.24, 2.45) is 5.92 Å². The molecule has 1 aromatic carbocycles. The maximum atomic E-state index is 12.3. The van der Waals surface area contributed by atoms with Gasteiger partial charge in [0.25, 0.3) is 5.56 Å². The number of benzene rings is 1. The lowest BCUT2D eigenvalue weighted by Crippen LogP contribution is -2.21. The number of nitrogens with zero attached hydrogens (tertiary/aromatic N) is 2. The summed E-state index contributed by atoms with van der Waals surface area (Å²) in [6.07, 6.45) is 3.38. The minimum Gasteiger partial charge on any atom is -0.487 e. The Morgan fingerprint density at radius 1 is 1.18 bits per heavy atom. The van der Waals surface area contributed by atoms with E-state index in [1.807, 2.05) is 51.1 Å². The topological polar surface area (TPSA) is 72.7 Å². The second-order valence-corrected chi connectivity index (χ2v) is 6.84. The smallest absolute Gasteiger partial charge is 0.258 e. The van der Waals surface area contributed by atoms with E-state index in [4.69, 9.17) is 4.74 Å². The number of pyridine rings is 1. The summed E-state index contributed by atoms with van der Waals surface area (Å²) < 4.78 is 7.31. The Bertz CT molecular complexity index is 1040. The maximum Gasteiger partial charge on any atom is 0.258 e. The van der Waals surface area contributed by atoms with Crippen LogP contribution in [0.4, 0.5) is 5.69 Å². The van der Waals surface area contributed by atoms with Crippen molar-refractivity contribution < 1.29 is 9.53 Å². The summed E-state index contributed by atoms with van der Waals surface area (Å²) in [5, 5.41) is 2.93. The lowest BCUT2D eigenvalue weighted by Gasteiger charge is -2.13. The molecule has 28 heavy (non-hydrogen) atoms. The Morgan fingerprint density at radius 2 is 1.96 bits per heavy atom. The van der Waals surface area contributed by atoms with E-state index in [0.717, 1.165) is 18.4 Å². The van der Waals surface area contributed by atoms with Gasteiger partial charge >= 0.3 is 0 Å². The van der Waals surface area contributed by atoms with Crippen LogP contribution in [-0.4, -0.2) is 15.3 Å². The Balaban J connectivity index is 1.71. The molecule has 0 fully saturated rings. The zero-order chi connectivity index (χ0) is 20.1. The third-order valence-corrected chi connectivity index (χ3v) is 4.71. The SMILES string of the molecule is CCC(CC)C(=O)Nc1cccc(OCc2cc(=O)n3cc(C)ccc3n2)c1. The van der Waals surface area contributed by atoms with E-state index in [9.17, 15) is 9.59 Å². The normalized spacial score (nSPS) is 11.0. The highest BCUT2D eigenvalue weighted by atomic mass is 16.5. The quantitative estimate of drug-likeness (QED) is 0.674. The predicted octanol–water partition coefficient (Wildman–Crippen LogP) is 3.96. The van der Waals surface area contributed by atoms with Crippen molar-refractivity contribution in [1.82, 2.24) is 9.38 Å². The number of aryl methyl sites for hydroxylation is 1. The predicted molar refractivity (Wildman–Crippen MR) is 110 cm³/mol. The van der Waals surface area contributed by atoms with Crippen LogP contribution in [0.3, 0.4) is 0 Å². The van der Waals surface area contributed by atoms with E-state index in [1.165, 1.54) is 10.5 Å². The summed E-state index contributed by atoms with van der Waals surface area (Å²) in [4.78, 5) is 29.0. The monoisotopic (exact) mass is 379 g/mol. The average molecular weight is 379 g/mol. The van der Waals surface area contributed by atoms with Gasteiger partial charge in [0.1, 0.15) is 18.0 Å². The Hall–Kier alpha value is -3.15. The first kappa shape index (κ1) is 19.6. The van der Waals surface area contributed by atoms with Crippen LogP contribution < -0.4 is 15.6 Å². The molecular weight excluding hydrogens is 354 g/mol. The Morgan fingerprint density at radius 3 is 2.71 bits per heavy atom. The summed E-state index contributed by atoms with van der Waals surface area (Å²) in [6, 6.07) is 12.4. The number of ether oxygens (including phenoxy) is 1. The van der Waals surface area contributed by atoms with Crippen LogP contribution in [0.15, 0.2) is 53.5 Å². The molecule has 0 saturated carbocycles. The summed E-state index contributed by atoms with van der Waals surface area (Å²) in [7, 11) is 0. The van der Waals surface area contributed by atoms with Crippen molar-refractivity contribution in [2.75, 3.05) is 5.32 Å². The van der Waals surface area contributed by atoms with Crippen LogP contribution in [0.5, 0.6) is 5.75 Å². The lowest BCUT2D eigenvalue weighted by molar-refractivity contribution is -0.120. The molecule has 0 aliphatic carbocycles. The average Bonchev–Trinajstić information content (AvgIpc) is 2.68. The number of carbonyl (C=O) groups is 1. The van der Waals surface area contributed by atoms with Gasteiger partial charge in [0, 0.05) is 29.9 Å². The zero-order valence-corrected chi connectivity index (χ0v) is 16.4. The van der Waals surface area contributed by atoms with E-state index in [1.54, 1.807) is 12.3 Å². The fraction of sp³-hybridized carbons (Fsp3) is 0.318. The number of fused-ring (bicyclic) bond motifs is 1. The third kappa shape index (κ3) is 4.57. The minimum atomic E-state index is -0.140. The molecule has 146 valence electrons. The van der Waals surface area contributed by atoms with E-state index >= 15 is 0 Å². The first-order chi connectivity index (χ1) is 13.5. The number of rotatable bonds is 7. The molecule has 0 unspecified atom stereocenters. The van der Waals surface area contributed by atoms with Crippen LogP contribution in [0.25, 0.3) is 5.65 Å². The zero-order valence-electron chi connectivity index (χ0n) is 16.4. The number of amides is 1. The van der Waals surface area contributed by atoms with Gasteiger partial charge in [0.05, 0.1) is 5.69 Å². The molecule has 0 spiro atoms. The highest BCUT2D eigenvalue weighted by molar-refractivity contribution is 5.92. The summed E-state index contributed by atoms with van der Waals surface area (Å²) in [6.45, 7) is 6.11. The van der Waals surface area contributed by atoms with Gasteiger partial charge in [-0.2, -0.15) is 0 Å². The molecule has 0 bridgehead atoms. The maximum absolute atomic E-state index is 12.3. The molecule has 2 heterocycles. The summed E-state index contributed by atoms with van der Waals surface area (Å²) >= 11 is 0. The van der Waals surface area contributed by atoms with Crippen molar-refractivity contribution in [3.8, 4) is 5.75 Å². The van der Waals surface area contributed by atoms with E-state index in [0.29, 0.717) is 22.8 Å². The fourth-order valence-corrected chi connectivity index (χ4v) is 3.06.